The Labute approximate surface area is 88.7 Å². The molecule has 6 heteroatoms. The lowest BCUT2D eigenvalue weighted by atomic mass is 10.4. The number of aromatic carboxylic acids is 1. The van der Waals surface area contributed by atoms with Gasteiger partial charge in [0.05, 0.1) is 4.70 Å². The van der Waals surface area contributed by atoms with Crippen LogP contribution < -0.4 is 4.74 Å². The van der Waals surface area contributed by atoms with Crippen LogP contribution in [0.2, 0.25) is 0 Å². The van der Waals surface area contributed by atoms with E-state index in [9.17, 15) is 4.79 Å². The second-order valence-corrected chi connectivity index (χ2v) is 4.49. The summed E-state index contributed by atoms with van der Waals surface area (Å²) >= 11 is 1.38. The molecule has 1 saturated carbocycles. The van der Waals surface area contributed by atoms with E-state index in [-0.39, 0.29) is 5.69 Å². The van der Waals surface area contributed by atoms with E-state index in [1.54, 1.807) is 6.07 Å². The average Bonchev–Trinajstić information content (AvgIpc) is 2.72. The molecule has 3 rings (SSSR count). The van der Waals surface area contributed by atoms with Crippen molar-refractivity contribution in [2.45, 2.75) is 18.9 Å². The van der Waals surface area contributed by atoms with Crippen LogP contribution in [0.15, 0.2) is 6.07 Å². The maximum atomic E-state index is 10.7. The number of rotatable bonds is 3. The van der Waals surface area contributed by atoms with Gasteiger partial charge in [-0.05, 0) is 18.9 Å². The smallest absolute Gasteiger partial charge is 0.352 e. The van der Waals surface area contributed by atoms with Gasteiger partial charge in [0.1, 0.15) is 11.8 Å². The van der Waals surface area contributed by atoms with Gasteiger partial charge < -0.3 is 14.8 Å². The molecule has 78 valence electrons. The normalized spacial score (nSPS) is 15.7. The summed E-state index contributed by atoms with van der Waals surface area (Å²) in [5.41, 5.74) is 0.759. The van der Waals surface area contributed by atoms with Crippen LogP contribution in [0.4, 0.5) is 0 Å². The molecule has 0 amide bonds. The number of carboxylic acid groups (broad SMARTS) is 1. The minimum Gasteiger partial charge on any atom is -0.477 e. The zero-order valence-electron chi connectivity index (χ0n) is 7.69. The fraction of sp³-hybridized carbons (Fsp3) is 0.333. The van der Waals surface area contributed by atoms with Crippen molar-refractivity contribution in [3.8, 4) is 5.19 Å². The summed E-state index contributed by atoms with van der Waals surface area (Å²) in [7, 11) is 0. The van der Waals surface area contributed by atoms with Gasteiger partial charge in [-0.2, -0.15) is 4.98 Å². The van der Waals surface area contributed by atoms with Gasteiger partial charge >= 0.3 is 5.97 Å². The van der Waals surface area contributed by atoms with Crippen LogP contribution in [-0.4, -0.2) is 27.1 Å². The molecule has 1 aliphatic carbocycles. The molecular weight excluding hydrogens is 216 g/mol. The number of nitrogens with one attached hydrogen (secondary N) is 1. The molecule has 0 aromatic carbocycles. The average molecular weight is 224 g/mol. The molecular formula is C9H8N2O3S. The zero-order valence-corrected chi connectivity index (χ0v) is 8.50. The molecule has 15 heavy (non-hydrogen) atoms. The first kappa shape index (κ1) is 8.72. The van der Waals surface area contributed by atoms with Crippen LogP contribution in [-0.2, 0) is 0 Å². The van der Waals surface area contributed by atoms with E-state index >= 15 is 0 Å². The van der Waals surface area contributed by atoms with Crippen LogP contribution in [0, 0.1) is 0 Å². The van der Waals surface area contributed by atoms with Gasteiger partial charge in [0.2, 0.25) is 0 Å². The largest absolute Gasteiger partial charge is 0.477 e. The standard InChI is InChI=1S/C9H8N2O3S/c12-8(13)5-3-6-7(10-5)11-9(15-6)14-4-1-2-4/h3-4,10H,1-2H2,(H,12,13). The lowest BCUT2D eigenvalue weighted by Crippen LogP contribution is -1.96. The van der Waals surface area contributed by atoms with Crippen LogP contribution in [0.3, 0.4) is 0 Å². The predicted octanol–water partition coefficient (Wildman–Crippen LogP) is 1.86. The first-order valence-corrected chi connectivity index (χ1v) is 5.43. The lowest BCUT2D eigenvalue weighted by Gasteiger charge is -1.95. The molecule has 0 aliphatic heterocycles. The van der Waals surface area contributed by atoms with E-state index in [0.29, 0.717) is 16.9 Å². The summed E-state index contributed by atoms with van der Waals surface area (Å²) in [5.74, 6) is -0.968. The molecule has 2 aromatic rings. The van der Waals surface area contributed by atoms with Gasteiger partial charge in [-0.25, -0.2) is 4.79 Å². The number of hydrogen-bond donors (Lipinski definition) is 2. The van der Waals surface area contributed by atoms with Crippen molar-refractivity contribution in [3.05, 3.63) is 11.8 Å². The highest BCUT2D eigenvalue weighted by Gasteiger charge is 2.25. The number of hydrogen-bond acceptors (Lipinski definition) is 4. The van der Waals surface area contributed by atoms with Crippen molar-refractivity contribution in [1.29, 1.82) is 0 Å². The molecule has 0 bridgehead atoms. The van der Waals surface area contributed by atoms with Crippen molar-refractivity contribution in [1.82, 2.24) is 9.97 Å². The molecule has 0 spiro atoms. The van der Waals surface area contributed by atoms with Crippen molar-refractivity contribution < 1.29 is 14.6 Å². The van der Waals surface area contributed by atoms with Gasteiger partial charge in [0.25, 0.3) is 5.19 Å². The highest BCUT2D eigenvalue weighted by Crippen LogP contribution is 2.33. The topological polar surface area (TPSA) is 75.2 Å². The Hall–Kier alpha value is -1.56. The van der Waals surface area contributed by atoms with Gasteiger partial charge in [0.15, 0.2) is 5.65 Å². The highest BCUT2D eigenvalue weighted by molar-refractivity contribution is 7.20. The molecule has 0 radical (unpaired) electrons. The summed E-state index contributed by atoms with van der Waals surface area (Å²) < 4.78 is 6.33. The SMILES string of the molecule is O=C(O)c1cc2sc(OC3CC3)nc2[nH]1. The number of aromatic amines is 1. The maximum absolute atomic E-state index is 10.7. The minimum atomic E-state index is -0.968. The summed E-state index contributed by atoms with van der Waals surface area (Å²) in [5, 5.41) is 9.36. The monoisotopic (exact) mass is 224 g/mol. The van der Waals surface area contributed by atoms with Gasteiger partial charge in [-0.1, -0.05) is 11.3 Å². The van der Waals surface area contributed by atoms with Crippen LogP contribution >= 0.6 is 11.3 Å². The van der Waals surface area contributed by atoms with E-state index in [1.165, 1.54) is 11.3 Å². The highest BCUT2D eigenvalue weighted by atomic mass is 32.1. The van der Waals surface area contributed by atoms with Crippen LogP contribution in [0.5, 0.6) is 5.19 Å². The molecule has 5 nitrogen and oxygen atoms in total. The van der Waals surface area contributed by atoms with E-state index < -0.39 is 5.97 Å². The van der Waals surface area contributed by atoms with Crippen LogP contribution in [0.25, 0.3) is 10.3 Å². The van der Waals surface area contributed by atoms with Crippen molar-refractivity contribution in [3.63, 3.8) is 0 Å². The first-order chi connectivity index (χ1) is 7.22. The van der Waals surface area contributed by atoms with Crippen LogP contribution in [0.1, 0.15) is 23.3 Å². The number of nitrogens with zero attached hydrogens (tertiary/aromatic N) is 1. The second-order valence-electron chi connectivity index (χ2n) is 3.50. The second kappa shape index (κ2) is 2.96. The third-order valence-corrected chi connectivity index (χ3v) is 3.08. The Bertz CT molecular complexity index is 495. The molecule has 1 aliphatic rings. The Morgan fingerprint density at radius 1 is 1.67 bits per heavy atom. The summed E-state index contributed by atoms with van der Waals surface area (Å²) in [6.07, 6.45) is 2.50. The number of carboxylic acids is 1. The van der Waals surface area contributed by atoms with Gasteiger partial charge in [-0.15, -0.1) is 0 Å². The Morgan fingerprint density at radius 3 is 3.07 bits per heavy atom. The van der Waals surface area contributed by atoms with Crippen molar-refractivity contribution in [2.24, 2.45) is 0 Å². The van der Waals surface area contributed by atoms with Crippen molar-refractivity contribution in [2.75, 3.05) is 0 Å². The summed E-state index contributed by atoms with van der Waals surface area (Å²) in [6.45, 7) is 0. The van der Waals surface area contributed by atoms with Crippen molar-refractivity contribution >= 4 is 27.7 Å². The third kappa shape index (κ3) is 1.56. The number of ether oxygens (including phenoxy) is 1. The molecule has 2 N–H and O–H groups in total. The van der Waals surface area contributed by atoms with E-state index in [4.69, 9.17) is 9.84 Å². The quantitative estimate of drug-likeness (QED) is 0.834. The molecule has 1 fully saturated rings. The predicted molar refractivity (Wildman–Crippen MR) is 54.6 cm³/mol. The Morgan fingerprint density at radius 2 is 2.47 bits per heavy atom. The van der Waals surface area contributed by atoms with E-state index in [0.717, 1.165) is 17.5 Å². The number of H-pyrrole nitrogens is 1. The fourth-order valence-corrected chi connectivity index (χ4v) is 2.17. The minimum absolute atomic E-state index is 0.168. The van der Waals surface area contributed by atoms with E-state index in [1.807, 2.05) is 0 Å². The molecule has 0 saturated heterocycles. The Kier molecular flexibility index (Phi) is 1.72. The summed E-state index contributed by atoms with van der Waals surface area (Å²) in [6, 6.07) is 1.58. The maximum Gasteiger partial charge on any atom is 0.352 e. The molecule has 0 unspecified atom stereocenters. The lowest BCUT2D eigenvalue weighted by molar-refractivity contribution is 0.0691. The van der Waals surface area contributed by atoms with E-state index in [2.05, 4.69) is 9.97 Å². The molecule has 2 heterocycles. The first-order valence-electron chi connectivity index (χ1n) is 4.62. The fourth-order valence-electron chi connectivity index (χ4n) is 1.29. The zero-order chi connectivity index (χ0) is 10.4. The Balaban J connectivity index is 1.94. The summed E-state index contributed by atoms with van der Waals surface area (Å²) in [4.78, 5) is 17.6. The number of thiazole rings is 1. The number of aromatic nitrogens is 2. The molecule has 0 atom stereocenters. The number of fused-ring (bicyclic) bond motifs is 1. The third-order valence-electron chi connectivity index (χ3n) is 2.18. The van der Waals surface area contributed by atoms with Gasteiger partial charge in [0, 0.05) is 0 Å². The molecule has 2 aromatic heterocycles. The van der Waals surface area contributed by atoms with Gasteiger partial charge in [-0.3, -0.25) is 0 Å². The number of carbonyl (C=O) groups is 1.